The van der Waals surface area contributed by atoms with Crippen LogP contribution in [0.25, 0.3) is 11.1 Å². The Morgan fingerprint density at radius 2 is 1.23 bits per heavy atom. The molecule has 44 heavy (non-hydrogen) atoms. The summed E-state index contributed by atoms with van der Waals surface area (Å²) in [5.74, 6) is 4.74. The number of benzene rings is 4. The van der Waals surface area contributed by atoms with E-state index in [1.807, 2.05) is 48.5 Å². The number of hydrogen-bond donors (Lipinski definition) is 3. The lowest BCUT2D eigenvalue weighted by Crippen LogP contribution is -2.58. The van der Waals surface area contributed by atoms with Crippen LogP contribution in [0, 0.1) is 23.7 Å². The maximum atomic E-state index is 12.8. The molecule has 1 aliphatic heterocycles. The second-order valence-electron chi connectivity index (χ2n) is 13.1. The van der Waals surface area contributed by atoms with Crippen LogP contribution in [0.15, 0.2) is 99.6 Å². The van der Waals surface area contributed by atoms with Crippen LogP contribution in [0.4, 0.5) is 0 Å². The van der Waals surface area contributed by atoms with Crippen molar-refractivity contribution in [2.24, 2.45) is 23.7 Å². The molecule has 6 nitrogen and oxygen atoms in total. The Balaban J connectivity index is 0.900. The van der Waals surface area contributed by atoms with E-state index < -0.39 is 10.9 Å². The maximum absolute atomic E-state index is 12.8. The Labute approximate surface area is 260 Å². The summed E-state index contributed by atoms with van der Waals surface area (Å²) < 4.78 is 18.0. The largest absolute Gasteiger partial charge is 0.508 e. The average Bonchev–Trinajstić information content (AvgIpc) is 3.32. The normalized spacial score (nSPS) is 26.6. The Bertz CT molecular complexity index is 1650. The number of fused-ring (bicyclic) bond motifs is 3. The van der Waals surface area contributed by atoms with Gasteiger partial charge in [-0.25, -0.2) is 4.79 Å². The highest BCUT2D eigenvalue weighted by Crippen LogP contribution is 2.63. The van der Waals surface area contributed by atoms with Gasteiger partial charge in [0.05, 0.1) is 0 Å². The zero-order chi connectivity index (χ0) is 30.0. The molecule has 4 aliphatic carbocycles. The highest BCUT2D eigenvalue weighted by atomic mass is 32.2. The van der Waals surface area contributed by atoms with Gasteiger partial charge in [-0.05, 0) is 164 Å². The van der Waals surface area contributed by atoms with Crippen LogP contribution in [-0.4, -0.2) is 28.4 Å². The van der Waals surface area contributed by atoms with Crippen LogP contribution < -0.4 is 9.47 Å². The summed E-state index contributed by atoms with van der Waals surface area (Å²) in [6.07, 6.45) is 6.16. The average molecular weight is 609 g/mol. The monoisotopic (exact) mass is 608 g/mol. The molecule has 1 heterocycles. The minimum atomic E-state index is -0.827. The van der Waals surface area contributed by atoms with E-state index in [4.69, 9.17) is 14.2 Å². The first-order chi connectivity index (χ1) is 21.3. The summed E-state index contributed by atoms with van der Waals surface area (Å²) >= 11 is 0. The number of phenols is 2. The summed E-state index contributed by atoms with van der Waals surface area (Å²) in [7, 11) is -0.827. The van der Waals surface area contributed by atoms with Gasteiger partial charge >= 0.3 is 5.97 Å². The van der Waals surface area contributed by atoms with Crippen LogP contribution in [0.3, 0.4) is 0 Å². The number of carbonyl (C=O) groups is 1. The van der Waals surface area contributed by atoms with Crippen molar-refractivity contribution in [2.45, 2.75) is 59.3 Å². The zero-order valence-electron chi connectivity index (χ0n) is 24.6. The zero-order valence-corrected chi connectivity index (χ0v) is 25.5. The molecule has 0 spiro atoms. The number of ether oxygens (including phenoxy) is 3. The molecule has 0 atom stereocenters. The van der Waals surface area contributed by atoms with Crippen molar-refractivity contribution < 1.29 is 29.2 Å². The number of aromatic hydroxyl groups is 2. The first kappa shape index (κ1) is 27.4. The first-order valence-corrected chi connectivity index (χ1v) is 16.9. The first-order valence-electron chi connectivity index (χ1n) is 15.5. The highest BCUT2D eigenvalue weighted by Gasteiger charge is 2.57. The summed E-state index contributed by atoms with van der Waals surface area (Å²) in [4.78, 5) is 16.3. The third-order valence-electron chi connectivity index (χ3n) is 10.3. The predicted octanol–water partition coefficient (Wildman–Crippen LogP) is 8.49. The van der Waals surface area contributed by atoms with E-state index in [1.165, 1.54) is 32.1 Å². The van der Waals surface area contributed by atoms with E-state index in [1.54, 1.807) is 24.3 Å². The lowest BCUT2D eigenvalue weighted by atomic mass is 9.50. The van der Waals surface area contributed by atoms with E-state index in [0.717, 1.165) is 37.6 Å². The van der Waals surface area contributed by atoms with E-state index >= 15 is 0 Å². The van der Waals surface area contributed by atoms with Crippen molar-refractivity contribution in [3.05, 3.63) is 84.9 Å². The molecule has 4 bridgehead atoms. The molecular weight excluding hydrogens is 572 g/mol. The molecule has 0 unspecified atom stereocenters. The summed E-state index contributed by atoms with van der Waals surface area (Å²) in [5, 5.41) is 20.2. The second kappa shape index (κ2) is 10.5. The van der Waals surface area contributed by atoms with Gasteiger partial charge in [0, 0.05) is 9.79 Å². The SMILES string of the molecule is CC1(OC(=O)COc2ccc(Oc3ccc([SH]4c5ccc(O)cc5-c5cc(O)ccc54)cc3)cc2)C2CC3CC(C2)CC1C3. The molecule has 9 rings (SSSR count). The Kier molecular flexibility index (Phi) is 6.56. The van der Waals surface area contributed by atoms with Gasteiger partial charge in [0.2, 0.25) is 0 Å². The molecule has 7 heteroatoms. The van der Waals surface area contributed by atoms with Crippen molar-refractivity contribution in [1.29, 1.82) is 0 Å². The van der Waals surface area contributed by atoms with E-state index in [-0.39, 0.29) is 29.7 Å². The van der Waals surface area contributed by atoms with Crippen molar-refractivity contribution in [2.75, 3.05) is 6.61 Å². The van der Waals surface area contributed by atoms with Crippen molar-refractivity contribution in [3.8, 4) is 39.9 Å². The fourth-order valence-corrected chi connectivity index (χ4v) is 10.9. The quantitative estimate of drug-likeness (QED) is 0.127. The molecule has 4 saturated carbocycles. The number of rotatable bonds is 7. The van der Waals surface area contributed by atoms with Gasteiger partial charge in [0.15, 0.2) is 6.61 Å². The molecule has 0 aromatic heterocycles. The minimum absolute atomic E-state index is 0.0992. The number of carbonyl (C=O) groups excluding carboxylic acids is 1. The van der Waals surface area contributed by atoms with Gasteiger partial charge in [-0.15, -0.1) is 0 Å². The maximum Gasteiger partial charge on any atom is 0.344 e. The van der Waals surface area contributed by atoms with Gasteiger partial charge in [-0.1, -0.05) is 0 Å². The topological polar surface area (TPSA) is 85.2 Å². The van der Waals surface area contributed by atoms with Crippen molar-refractivity contribution in [1.82, 2.24) is 0 Å². The van der Waals surface area contributed by atoms with Crippen molar-refractivity contribution in [3.63, 3.8) is 0 Å². The number of phenolic OH excluding ortho intramolecular Hbond substituents is 2. The van der Waals surface area contributed by atoms with Crippen LogP contribution >= 0.6 is 10.9 Å². The molecule has 4 aromatic carbocycles. The van der Waals surface area contributed by atoms with Crippen LogP contribution in [0.2, 0.25) is 0 Å². The molecule has 4 aromatic rings. The third-order valence-corrected chi connectivity index (χ3v) is 12.9. The minimum Gasteiger partial charge on any atom is -0.508 e. The van der Waals surface area contributed by atoms with Gasteiger partial charge in [0.1, 0.15) is 34.3 Å². The molecule has 0 amide bonds. The lowest BCUT2D eigenvalue weighted by Gasteiger charge is -2.59. The fraction of sp³-hybridized carbons (Fsp3) is 0.324. The van der Waals surface area contributed by atoms with Crippen LogP contribution in [0.5, 0.6) is 28.7 Å². The van der Waals surface area contributed by atoms with Crippen molar-refractivity contribution >= 4 is 16.9 Å². The van der Waals surface area contributed by atoms with E-state index in [0.29, 0.717) is 29.1 Å². The Morgan fingerprint density at radius 3 is 1.77 bits per heavy atom. The second-order valence-corrected chi connectivity index (χ2v) is 15.2. The van der Waals surface area contributed by atoms with Crippen LogP contribution in [-0.2, 0) is 9.53 Å². The fourth-order valence-electron chi connectivity index (χ4n) is 8.38. The molecule has 2 N–H and O–H groups in total. The Hall–Kier alpha value is -4.10. The molecule has 226 valence electrons. The summed E-state index contributed by atoms with van der Waals surface area (Å²) in [5.41, 5.74) is 1.57. The summed E-state index contributed by atoms with van der Waals surface area (Å²) in [6.45, 7) is 2.05. The van der Waals surface area contributed by atoms with E-state index in [9.17, 15) is 15.0 Å². The Morgan fingerprint density at radius 1 is 0.727 bits per heavy atom. The molecule has 4 fully saturated rings. The predicted molar refractivity (Wildman–Crippen MR) is 169 cm³/mol. The smallest absolute Gasteiger partial charge is 0.344 e. The van der Waals surface area contributed by atoms with Gasteiger partial charge in [-0.3, -0.25) is 0 Å². The molecule has 0 radical (unpaired) electrons. The lowest BCUT2D eigenvalue weighted by molar-refractivity contribution is -0.204. The number of hydrogen-bond acceptors (Lipinski definition) is 6. The number of esters is 1. The van der Waals surface area contributed by atoms with Crippen LogP contribution in [0.1, 0.15) is 39.0 Å². The van der Waals surface area contributed by atoms with Gasteiger partial charge < -0.3 is 24.4 Å². The van der Waals surface area contributed by atoms with E-state index in [2.05, 4.69) is 19.1 Å². The van der Waals surface area contributed by atoms with Gasteiger partial charge in [-0.2, -0.15) is 10.9 Å². The molecule has 0 saturated heterocycles. The summed E-state index contributed by atoms with van der Waals surface area (Å²) in [6, 6.07) is 26.3. The van der Waals surface area contributed by atoms with Gasteiger partial charge in [0.25, 0.3) is 0 Å². The molecule has 5 aliphatic rings. The standard InChI is InChI=1S/C37H36O6S/c1-37(24-15-22-14-23(17-24)18-25(37)16-22)43-36(40)21-41-28-4-6-29(7-5-28)42-30-8-10-31(11-9-30)44-34-12-2-26(38)19-32(34)33-20-27(39)3-13-35(33)44/h2-13,19-20,22-25,38-39,44H,14-18,21H2,1H3. The molecular formula is C37H36O6S. The number of thiol groups is 1. The highest BCUT2D eigenvalue weighted by molar-refractivity contribution is 8.17. The third kappa shape index (κ3) is 4.78.